The highest BCUT2D eigenvalue weighted by Crippen LogP contribution is 2.41. The van der Waals surface area contributed by atoms with Gasteiger partial charge in [0.2, 0.25) is 0 Å². The van der Waals surface area contributed by atoms with Gasteiger partial charge < -0.3 is 10.0 Å². The lowest BCUT2D eigenvalue weighted by Crippen LogP contribution is -2.36. The Balaban J connectivity index is 1.53. The Kier molecular flexibility index (Phi) is 4.53. The molecule has 1 saturated carbocycles. The molecule has 5 heteroatoms. The van der Waals surface area contributed by atoms with Crippen molar-refractivity contribution in [3.8, 4) is 17.0 Å². The number of hydrogen-bond donors (Lipinski definition) is 1. The molecule has 2 aliphatic rings. The van der Waals surface area contributed by atoms with Crippen molar-refractivity contribution in [1.82, 2.24) is 9.97 Å². The number of rotatable bonds is 3. The van der Waals surface area contributed by atoms with Crippen LogP contribution in [0.25, 0.3) is 32.9 Å². The summed E-state index contributed by atoms with van der Waals surface area (Å²) in [6, 6.07) is 11.3. The first-order valence-corrected chi connectivity index (χ1v) is 11.6. The predicted molar refractivity (Wildman–Crippen MR) is 127 cm³/mol. The van der Waals surface area contributed by atoms with E-state index in [1.807, 2.05) is 24.3 Å². The monoisotopic (exact) mass is 427 g/mol. The number of phenolic OH excluding ortho intramolecular Hbond substituents is 1. The van der Waals surface area contributed by atoms with E-state index in [4.69, 9.17) is 0 Å². The number of aromatic hydroxyl groups is 1. The first-order valence-electron chi connectivity index (χ1n) is 11.6. The first-order chi connectivity index (χ1) is 15.6. The van der Waals surface area contributed by atoms with Gasteiger partial charge in [0.25, 0.3) is 0 Å². The number of pyridine rings is 2. The van der Waals surface area contributed by atoms with Crippen molar-refractivity contribution in [2.24, 2.45) is 11.8 Å². The van der Waals surface area contributed by atoms with Crippen LogP contribution in [0.1, 0.15) is 31.7 Å². The second-order valence-electron chi connectivity index (χ2n) is 9.33. The van der Waals surface area contributed by atoms with E-state index in [1.54, 1.807) is 24.5 Å². The van der Waals surface area contributed by atoms with E-state index >= 15 is 4.39 Å². The van der Waals surface area contributed by atoms with Gasteiger partial charge in [0.05, 0.1) is 0 Å². The fourth-order valence-corrected chi connectivity index (χ4v) is 5.90. The maximum absolute atomic E-state index is 15.9. The van der Waals surface area contributed by atoms with Crippen LogP contribution in [0.3, 0.4) is 0 Å². The highest BCUT2D eigenvalue weighted by molar-refractivity contribution is 6.01. The van der Waals surface area contributed by atoms with Gasteiger partial charge in [-0.05, 0) is 72.1 Å². The molecule has 0 amide bonds. The molecule has 3 heterocycles. The molecule has 0 spiro atoms. The summed E-state index contributed by atoms with van der Waals surface area (Å²) in [5.74, 6) is 1.15. The zero-order valence-electron chi connectivity index (χ0n) is 18.2. The number of nitrogens with zero attached hydrogens (tertiary/aromatic N) is 3. The summed E-state index contributed by atoms with van der Waals surface area (Å²) in [6.45, 7) is 4.13. The van der Waals surface area contributed by atoms with E-state index in [-0.39, 0.29) is 11.4 Å². The standard InChI is InChI=1S/C27H26FN3O/c1-2-18-4-3-5-19-11-20(32)12-21(24(18)19)26-25(28)27-22(13-30-26)23(8-9-29-27)31-14-16-6-7-17(10-16)15-31/h3-5,8-9,11-13,16-17,32H,2,6-7,10,14-15H2,1H3. The molecule has 6 rings (SSSR count). The van der Waals surface area contributed by atoms with E-state index < -0.39 is 5.82 Å². The van der Waals surface area contributed by atoms with Crippen LogP contribution in [0.4, 0.5) is 10.1 Å². The number of anilines is 1. The van der Waals surface area contributed by atoms with Crippen LogP contribution in [0.5, 0.6) is 5.75 Å². The smallest absolute Gasteiger partial charge is 0.175 e. The second-order valence-corrected chi connectivity index (χ2v) is 9.33. The van der Waals surface area contributed by atoms with Gasteiger partial charge in [-0.25, -0.2) is 4.39 Å². The molecule has 1 aliphatic carbocycles. The molecular formula is C27H26FN3O. The van der Waals surface area contributed by atoms with Crippen LogP contribution in [0, 0.1) is 17.7 Å². The predicted octanol–water partition coefficient (Wildman–Crippen LogP) is 6.09. The molecule has 2 aromatic heterocycles. The SMILES string of the molecule is CCc1cccc2cc(O)cc(-c3ncc4c(N5CC6CCC(C6)C5)ccnc4c3F)c12. The Morgan fingerprint density at radius 2 is 1.91 bits per heavy atom. The summed E-state index contributed by atoms with van der Waals surface area (Å²) < 4.78 is 15.9. The fourth-order valence-electron chi connectivity index (χ4n) is 5.90. The molecule has 1 saturated heterocycles. The average Bonchev–Trinajstić information content (AvgIpc) is 3.15. The first kappa shape index (κ1) is 19.5. The normalized spacial score (nSPS) is 20.4. The summed E-state index contributed by atoms with van der Waals surface area (Å²) in [5.41, 5.74) is 3.32. The van der Waals surface area contributed by atoms with E-state index in [2.05, 4.69) is 21.8 Å². The van der Waals surface area contributed by atoms with Gasteiger partial charge in [0.15, 0.2) is 5.82 Å². The number of halogens is 1. The minimum atomic E-state index is -0.429. The molecule has 1 N–H and O–H groups in total. The minimum absolute atomic E-state index is 0.104. The summed E-state index contributed by atoms with van der Waals surface area (Å²) in [6.07, 6.45) is 8.19. The summed E-state index contributed by atoms with van der Waals surface area (Å²) >= 11 is 0. The fraction of sp³-hybridized carbons (Fsp3) is 0.333. The Bertz CT molecular complexity index is 1340. The van der Waals surface area contributed by atoms with Crippen LogP contribution in [0.2, 0.25) is 0 Å². The number of aromatic nitrogens is 2. The Morgan fingerprint density at radius 1 is 1.09 bits per heavy atom. The van der Waals surface area contributed by atoms with Crippen LogP contribution >= 0.6 is 0 Å². The number of benzene rings is 2. The molecule has 162 valence electrons. The second kappa shape index (κ2) is 7.44. The van der Waals surface area contributed by atoms with Gasteiger partial charge in [-0.15, -0.1) is 0 Å². The largest absolute Gasteiger partial charge is 0.508 e. The van der Waals surface area contributed by atoms with Gasteiger partial charge in [-0.1, -0.05) is 25.1 Å². The van der Waals surface area contributed by atoms with E-state index in [9.17, 15) is 5.11 Å². The topological polar surface area (TPSA) is 49.3 Å². The van der Waals surface area contributed by atoms with Crippen molar-refractivity contribution >= 4 is 27.4 Å². The maximum atomic E-state index is 15.9. The van der Waals surface area contributed by atoms with Crippen LogP contribution < -0.4 is 4.90 Å². The Morgan fingerprint density at radius 3 is 2.69 bits per heavy atom. The summed E-state index contributed by atoms with van der Waals surface area (Å²) in [5, 5.41) is 12.9. The highest BCUT2D eigenvalue weighted by atomic mass is 19.1. The van der Waals surface area contributed by atoms with Crippen LogP contribution in [-0.4, -0.2) is 28.2 Å². The number of piperidine rings is 1. The molecular weight excluding hydrogens is 401 g/mol. The lowest BCUT2D eigenvalue weighted by atomic mass is 9.94. The quantitative estimate of drug-likeness (QED) is 0.430. The molecule has 32 heavy (non-hydrogen) atoms. The molecule has 2 bridgehead atoms. The zero-order valence-corrected chi connectivity index (χ0v) is 18.2. The van der Waals surface area contributed by atoms with Gasteiger partial charge >= 0.3 is 0 Å². The van der Waals surface area contributed by atoms with Crippen molar-refractivity contribution in [3.63, 3.8) is 0 Å². The van der Waals surface area contributed by atoms with E-state index in [0.717, 1.165) is 58.8 Å². The molecule has 1 aliphatic heterocycles. The van der Waals surface area contributed by atoms with Crippen molar-refractivity contribution in [3.05, 3.63) is 60.2 Å². The molecule has 2 fully saturated rings. The molecule has 2 unspecified atom stereocenters. The third kappa shape index (κ3) is 3.02. The van der Waals surface area contributed by atoms with E-state index in [1.165, 1.54) is 19.3 Å². The number of hydrogen-bond acceptors (Lipinski definition) is 4. The lowest BCUT2D eigenvalue weighted by molar-refractivity contribution is 0.422. The molecule has 0 radical (unpaired) electrons. The molecule has 4 aromatic rings. The number of aryl methyl sites for hydroxylation is 1. The van der Waals surface area contributed by atoms with Crippen LogP contribution in [-0.2, 0) is 6.42 Å². The minimum Gasteiger partial charge on any atom is -0.508 e. The van der Waals surface area contributed by atoms with Gasteiger partial charge in [0, 0.05) is 42.1 Å². The number of phenols is 1. The summed E-state index contributed by atoms with van der Waals surface area (Å²) in [4.78, 5) is 11.4. The van der Waals surface area contributed by atoms with Crippen LogP contribution in [0.15, 0.2) is 48.8 Å². The summed E-state index contributed by atoms with van der Waals surface area (Å²) in [7, 11) is 0. The van der Waals surface area contributed by atoms with Crippen molar-refractivity contribution < 1.29 is 9.50 Å². The zero-order chi connectivity index (χ0) is 21.8. The van der Waals surface area contributed by atoms with Crippen molar-refractivity contribution in [2.45, 2.75) is 32.6 Å². The lowest BCUT2D eigenvalue weighted by Gasteiger charge is -2.34. The van der Waals surface area contributed by atoms with Crippen molar-refractivity contribution in [1.29, 1.82) is 0 Å². The Hall–Kier alpha value is -3.21. The molecule has 4 nitrogen and oxygen atoms in total. The van der Waals surface area contributed by atoms with Gasteiger partial charge in [-0.3, -0.25) is 9.97 Å². The van der Waals surface area contributed by atoms with E-state index in [0.29, 0.717) is 11.1 Å². The Labute approximate surface area is 186 Å². The van der Waals surface area contributed by atoms with Crippen molar-refractivity contribution in [2.75, 3.05) is 18.0 Å². The third-order valence-electron chi connectivity index (χ3n) is 7.34. The molecule has 2 atom stereocenters. The highest BCUT2D eigenvalue weighted by Gasteiger charge is 2.33. The maximum Gasteiger partial charge on any atom is 0.175 e. The molecule has 2 aromatic carbocycles. The number of fused-ring (bicyclic) bond motifs is 4. The average molecular weight is 428 g/mol. The third-order valence-corrected chi connectivity index (χ3v) is 7.34. The van der Waals surface area contributed by atoms with Gasteiger partial charge in [-0.2, -0.15) is 0 Å². The van der Waals surface area contributed by atoms with Gasteiger partial charge in [0.1, 0.15) is 17.0 Å².